The number of nitrogens with zero attached hydrogens (tertiary/aromatic N) is 4. The summed E-state index contributed by atoms with van der Waals surface area (Å²) in [5, 5.41) is 0.976. The molecule has 0 N–H and O–H groups in total. The fourth-order valence-corrected chi connectivity index (χ4v) is 2.66. The summed E-state index contributed by atoms with van der Waals surface area (Å²) in [6.07, 6.45) is 0. The van der Waals surface area contributed by atoms with Crippen molar-refractivity contribution in [3.8, 4) is 0 Å². The van der Waals surface area contributed by atoms with Crippen LogP contribution in [0.2, 0.25) is 0 Å². The van der Waals surface area contributed by atoms with Crippen LogP contribution >= 0.6 is 11.5 Å². The lowest BCUT2D eigenvalue weighted by molar-refractivity contribution is 0.792. The van der Waals surface area contributed by atoms with Gasteiger partial charge in [0.1, 0.15) is 5.82 Å². The molecule has 0 aliphatic rings. The number of aromatic nitrogens is 2. The molecule has 0 aliphatic heterocycles. The molecule has 108 valence electrons. The van der Waals surface area contributed by atoms with E-state index in [1.165, 1.54) is 22.8 Å². The lowest BCUT2D eigenvalue weighted by atomic mass is 10.2. The zero-order valence-electron chi connectivity index (χ0n) is 12.8. The molecule has 5 heteroatoms. The number of hydrogen-bond acceptors (Lipinski definition) is 5. The van der Waals surface area contributed by atoms with Gasteiger partial charge in [-0.1, -0.05) is 26.0 Å². The molecule has 0 aliphatic carbocycles. The third-order valence-corrected chi connectivity index (χ3v) is 3.97. The highest BCUT2D eigenvalue weighted by molar-refractivity contribution is 7.09. The van der Waals surface area contributed by atoms with Gasteiger partial charge in [-0.3, -0.25) is 0 Å². The first kappa shape index (κ1) is 14.8. The quantitative estimate of drug-likeness (QED) is 0.845. The summed E-state index contributed by atoms with van der Waals surface area (Å²) in [6.45, 7) is 5.08. The molecule has 0 fully saturated rings. The molecule has 1 heterocycles. The second-order valence-corrected chi connectivity index (χ2v) is 6.24. The molecule has 0 bridgehead atoms. The minimum absolute atomic E-state index is 0.380. The molecule has 1 aromatic heterocycles. The summed E-state index contributed by atoms with van der Waals surface area (Å²) < 4.78 is 4.40. The Hall–Kier alpha value is -1.62. The molecule has 20 heavy (non-hydrogen) atoms. The summed E-state index contributed by atoms with van der Waals surface area (Å²) in [4.78, 5) is 8.85. The predicted molar refractivity (Wildman–Crippen MR) is 86.9 cm³/mol. The second kappa shape index (κ2) is 6.22. The van der Waals surface area contributed by atoms with E-state index in [1.807, 2.05) is 0 Å². The summed E-state index contributed by atoms with van der Waals surface area (Å²) in [6, 6.07) is 8.57. The van der Waals surface area contributed by atoms with Crippen LogP contribution in [-0.4, -0.2) is 30.5 Å². The Labute approximate surface area is 125 Å². The molecule has 2 aromatic rings. The van der Waals surface area contributed by atoms with Gasteiger partial charge in [0, 0.05) is 50.8 Å². The minimum Gasteiger partial charge on any atom is -0.378 e. The average molecular weight is 290 g/mol. The van der Waals surface area contributed by atoms with Crippen molar-refractivity contribution in [2.45, 2.75) is 26.3 Å². The topological polar surface area (TPSA) is 32.3 Å². The molecule has 0 saturated carbocycles. The maximum Gasteiger partial charge on any atom is 0.205 e. The SMILES string of the molecule is CC(C)c1nsc(N(C)Cc2cccc(N(C)C)c2)n1. The summed E-state index contributed by atoms with van der Waals surface area (Å²) in [5.41, 5.74) is 2.50. The van der Waals surface area contributed by atoms with E-state index in [2.05, 4.69) is 78.4 Å². The number of hydrogen-bond donors (Lipinski definition) is 0. The van der Waals surface area contributed by atoms with Gasteiger partial charge < -0.3 is 9.80 Å². The Kier molecular flexibility index (Phi) is 4.60. The Morgan fingerprint density at radius 3 is 2.55 bits per heavy atom. The molecule has 0 atom stereocenters. The van der Waals surface area contributed by atoms with Crippen molar-refractivity contribution in [1.29, 1.82) is 0 Å². The zero-order chi connectivity index (χ0) is 14.7. The largest absolute Gasteiger partial charge is 0.378 e. The summed E-state index contributed by atoms with van der Waals surface area (Å²) in [7, 11) is 6.18. The van der Waals surface area contributed by atoms with Gasteiger partial charge in [0.25, 0.3) is 0 Å². The Balaban J connectivity index is 2.10. The van der Waals surface area contributed by atoms with Crippen molar-refractivity contribution < 1.29 is 0 Å². The van der Waals surface area contributed by atoms with Crippen molar-refractivity contribution in [1.82, 2.24) is 9.36 Å². The number of benzene rings is 1. The zero-order valence-corrected chi connectivity index (χ0v) is 13.6. The maximum absolute atomic E-state index is 4.59. The average Bonchev–Trinajstić information content (AvgIpc) is 2.88. The molecule has 2 rings (SSSR count). The van der Waals surface area contributed by atoms with E-state index in [0.29, 0.717) is 5.92 Å². The highest BCUT2D eigenvalue weighted by atomic mass is 32.1. The number of anilines is 2. The van der Waals surface area contributed by atoms with E-state index in [4.69, 9.17) is 0 Å². The molecular formula is C15H22N4S. The second-order valence-electron chi connectivity index (χ2n) is 5.51. The van der Waals surface area contributed by atoms with E-state index in [9.17, 15) is 0 Å². The first-order valence-corrected chi connectivity index (χ1v) is 7.55. The Morgan fingerprint density at radius 1 is 1.20 bits per heavy atom. The van der Waals surface area contributed by atoms with Crippen LogP contribution < -0.4 is 9.80 Å². The molecule has 0 amide bonds. The first-order chi connectivity index (χ1) is 9.47. The molecule has 1 aromatic carbocycles. The van der Waals surface area contributed by atoms with Crippen LogP contribution in [0.4, 0.5) is 10.8 Å². The molecule has 0 unspecified atom stereocenters. The highest BCUT2D eigenvalue weighted by Crippen LogP contribution is 2.22. The predicted octanol–water partition coefficient (Wildman–Crippen LogP) is 3.36. The van der Waals surface area contributed by atoms with Gasteiger partial charge in [-0.05, 0) is 17.7 Å². The third-order valence-electron chi connectivity index (χ3n) is 3.12. The van der Waals surface area contributed by atoms with Crippen LogP contribution in [0.25, 0.3) is 0 Å². The van der Waals surface area contributed by atoms with E-state index < -0.39 is 0 Å². The van der Waals surface area contributed by atoms with Crippen LogP contribution in [0.15, 0.2) is 24.3 Å². The van der Waals surface area contributed by atoms with E-state index >= 15 is 0 Å². The van der Waals surface area contributed by atoms with Crippen LogP contribution in [0, 0.1) is 0 Å². The van der Waals surface area contributed by atoms with E-state index in [-0.39, 0.29) is 0 Å². The fraction of sp³-hybridized carbons (Fsp3) is 0.467. The van der Waals surface area contributed by atoms with E-state index in [0.717, 1.165) is 17.5 Å². The highest BCUT2D eigenvalue weighted by Gasteiger charge is 2.11. The third kappa shape index (κ3) is 3.48. The van der Waals surface area contributed by atoms with Crippen LogP contribution in [0.5, 0.6) is 0 Å². The Morgan fingerprint density at radius 2 is 1.95 bits per heavy atom. The normalized spacial score (nSPS) is 10.9. The molecule has 0 saturated heterocycles. The van der Waals surface area contributed by atoms with Gasteiger partial charge in [0.05, 0.1) is 0 Å². The smallest absolute Gasteiger partial charge is 0.205 e. The first-order valence-electron chi connectivity index (χ1n) is 6.78. The molecule has 4 nitrogen and oxygen atoms in total. The van der Waals surface area contributed by atoms with Crippen LogP contribution in [0.3, 0.4) is 0 Å². The molecular weight excluding hydrogens is 268 g/mol. The fourth-order valence-electron chi connectivity index (χ4n) is 1.89. The standard InChI is InChI=1S/C15H22N4S/c1-11(2)14-16-15(20-17-14)19(5)10-12-7-6-8-13(9-12)18(3)4/h6-9,11H,10H2,1-5H3. The molecule has 0 spiro atoms. The number of rotatable bonds is 5. The maximum atomic E-state index is 4.59. The van der Waals surface area contributed by atoms with Crippen LogP contribution in [0.1, 0.15) is 31.2 Å². The molecule has 0 radical (unpaired) electrons. The lowest BCUT2D eigenvalue weighted by Crippen LogP contribution is -2.17. The minimum atomic E-state index is 0.380. The van der Waals surface area contributed by atoms with Crippen LogP contribution in [-0.2, 0) is 6.54 Å². The van der Waals surface area contributed by atoms with Gasteiger partial charge in [-0.15, -0.1) is 0 Å². The van der Waals surface area contributed by atoms with Gasteiger partial charge in [-0.25, -0.2) is 4.98 Å². The van der Waals surface area contributed by atoms with Crippen molar-refractivity contribution in [2.24, 2.45) is 0 Å². The van der Waals surface area contributed by atoms with Gasteiger partial charge >= 0.3 is 0 Å². The monoisotopic (exact) mass is 290 g/mol. The van der Waals surface area contributed by atoms with Gasteiger partial charge in [-0.2, -0.15) is 4.37 Å². The van der Waals surface area contributed by atoms with Crippen molar-refractivity contribution in [2.75, 3.05) is 30.9 Å². The van der Waals surface area contributed by atoms with Crippen molar-refractivity contribution in [3.05, 3.63) is 35.7 Å². The van der Waals surface area contributed by atoms with E-state index in [1.54, 1.807) is 0 Å². The van der Waals surface area contributed by atoms with Crippen molar-refractivity contribution in [3.63, 3.8) is 0 Å². The lowest BCUT2D eigenvalue weighted by Gasteiger charge is -2.18. The summed E-state index contributed by atoms with van der Waals surface area (Å²) >= 11 is 1.47. The van der Waals surface area contributed by atoms with Crippen molar-refractivity contribution >= 4 is 22.4 Å². The van der Waals surface area contributed by atoms with Gasteiger partial charge in [0.15, 0.2) is 0 Å². The summed E-state index contributed by atoms with van der Waals surface area (Å²) in [5.74, 6) is 1.31. The van der Waals surface area contributed by atoms with Gasteiger partial charge in [0.2, 0.25) is 5.13 Å². The Bertz CT molecular complexity index is 563.